The smallest absolute Gasteiger partial charge is 0.307 e. The monoisotopic (exact) mass is 307 g/mol. The zero-order valence-corrected chi connectivity index (χ0v) is 9.72. The minimum atomic E-state index is -0.882. The van der Waals surface area contributed by atoms with Crippen molar-refractivity contribution in [3.05, 3.63) is 26.6 Å². The third-order valence-electron chi connectivity index (χ3n) is 1.54. The Labute approximate surface area is 92.2 Å². The molecule has 0 unspecified atom stereocenters. The number of carboxylic acids is 1. The second kappa shape index (κ2) is 4.11. The van der Waals surface area contributed by atoms with Gasteiger partial charge in [-0.3, -0.25) is 4.79 Å². The minimum Gasteiger partial charge on any atom is -0.481 e. The number of nitrogen functional groups attached to an aromatic ring is 1. The molecule has 0 fully saturated rings. The molecule has 1 rings (SSSR count). The van der Waals surface area contributed by atoms with E-state index in [1.807, 2.05) is 0 Å². The van der Waals surface area contributed by atoms with Crippen LogP contribution in [0.15, 0.2) is 21.1 Å². The lowest BCUT2D eigenvalue weighted by Gasteiger charge is -2.06. The van der Waals surface area contributed by atoms with Crippen LogP contribution in [-0.2, 0) is 11.2 Å². The van der Waals surface area contributed by atoms with Crippen LogP contribution < -0.4 is 5.73 Å². The zero-order valence-electron chi connectivity index (χ0n) is 6.55. The van der Waals surface area contributed by atoms with Crippen LogP contribution in [0, 0.1) is 0 Å². The van der Waals surface area contributed by atoms with Gasteiger partial charge < -0.3 is 10.8 Å². The number of nitrogens with two attached hydrogens (primary N) is 1. The average molecular weight is 309 g/mol. The molecule has 5 heteroatoms. The highest BCUT2D eigenvalue weighted by Gasteiger charge is 2.11. The van der Waals surface area contributed by atoms with Gasteiger partial charge in [0.2, 0.25) is 0 Å². The second-order valence-electron chi connectivity index (χ2n) is 2.50. The van der Waals surface area contributed by atoms with E-state index in [1.165, 1.54) is 0 Å². The lowest BCUT2D eigenvalue weighted by atomic mass is 10.1. The maximum absolute atomic E-state index is 10.5. The number of halogens is 2. The molecule has 0 saturated carbocycles. The molecule has 0 radical (unpaired) electrons. The summed E-state index contributed by atoms with van der Waals surface area (Å²) in [6.07, 6.45) is -0.0494. The van der Waals surface area contributed by atoms with Crippen molar-refractivity contribution in [2.45, 2.75) is 6.42 Å². The maximum atomic E-state index is 10.5. The Hall–Kier alpha value is -0.550. The maximum Gasteiger partial charge on any atom is 0.307 e. The molecule has 70 valence electrons. The first kappa shape index (κ1) is 10.5. The molecule has 0 aliphatic carbocycles. The highest BCUT2D eigenvalue weighted by Crippen LogP contribution is 2.30. The van der Waals surface area contributed by atoms with Crippen molar-refractivity contribution >= 4 is 43.5 Å². The summed E-state index contributed by atoms with van der Waals surface area (Å²) in [6, 6.07) is 3.44. The first-order chi connectivity index (χ1) is 6.02. The van der Waals surface area contributed by atoms with Crippen molar-refractivity contribution in [3.8, 4) is 0 Å². The predicted molar refractivity (Wildman–Crippen MR) is 57.6 cm³/mol. The normalized spacial score (nSPS) is 10.0. The number of aliphatic carboxylic acids is 1. The Balaban J connectivity index is 3.17. The van der Waals surface area contributed by atoms with E-state index in [9.17, 15) is 4.79 Å². The fraction of sp³-hybridized carbons (Fsp3) is 0.125. The van der Waals surface area contributed by atoms with E-state index in [1.54, 1.807) is 12.1 Å². The summed E-state index contributed by atoms with van der Waals surface area (Å²) in [4.78, 5) is 10.5. The van der Waals surface area contributed by atoms with Gasteiger partial charge in [0.1, 0.15) is 0 Å². The molecular weight excluding hydrogens is 302 g/mol. The van der Waals surface area contributed by atoms with Gasteiger partial charge in [-0.15, -0.1) is 0 Å². The SMILES string of the molecule is Nc1ccc(Br)c(CC(=O)O)c1Br. The molecule has 0 aromatic heterocycles. The van der Waals surface area contributed by atoms with Crippen molar-refractivity contribution < 1.29 is 9.90 Å². The van der Waals surface area contributed by atoms with Crippen molar-refractivity contribution in [1.82, 2.24) is 0 Å². The highest BCUT2D eigenvalue weighted by atomic mass is 79.9. The Morgan fingerprint density at radius 3 is 2.62 bits per heavy atom. The van der Waals surface area contributed by atoms with Gasteiger partial charge in [-0.25, -0.2) is 0 Å². The van der Waals surface area contributed by atoms with Gasteiger partial charge >= 0.3 is 5.97 Å². The zero-order chi connectivity index (χ0) is 10.0. The summed E-state index contributed by atoms with van der Waals surface area (Å²) in [5, 5.41) is 8.62. The van der Waals surface area contributed by atoms with Crippen molar-refractivity contribution in [2.75, 3.05) is 5.73 Å². The van der Waals surface area contributed by atoms with Crippen molar-refractivity contribution in [1.29, 1.82) is 0 Å². The summed E-state index contributed by atoms with van der Waals surface area (Å²) in [5.41, 5.74) is 6.81. The van der Waals surface area contributed by atoms with E-state index in [0.717, 1.165) is 4.47 Å². The van der Waals surface area contributed by atoms with Crippen molar-refractivity contribution in [3.63, 3.8) is 0 Å². The number of benzene rings is 1. The van der Waals surface area contributed by atoms with Crippen LogP contribution in [0.4, 0.5) is 5.69 Å². The summed E-state index contributed by atoms with van der Waals surface area (Å²) in [7, 11) is 0. The van der Waals surface area contributed by atoms with Gasteiger partial charge in [-0.2, -0.15) is 0 Å². The molecule has 0 aliphatic rings. The van der Waals surface area contributed by atoms with Crippen molar-refractivity contribution in [2.24, 2.45) is 0 Å². The van der Waals surface area contributed by atoms with Crippen LogP contribution in [0.2, 0.25) is 0 Å². The standard InChI is InChI=1S/C8H7Br2NO2/c9-5-1-2-6(11)8(10)4(5)3-7(12)13/h1-2H,3,11H2,(H,12,13). The van der Waals surface area contributed by atoms with E-state index >= 15 is 0 Å². The Morgan fingerprint density at radius 1 is 1.46 bits per heavy atom. The van der Waals surface area contributed by atoms with Crippen LogP contribution in [0.5, 0.6) is 0 Å². The predicted octanol–water partition coefficient (Wildman–Crippen LogP) is 2.42. The molecule has 0 amide bonds. The van der Waals surface area contributed by atoms with E-state index in [-0.39, 0.29) is 6.42 Å². The van der Waals surface area contributed by atoms with Crippen LogP contribution in [-0.4, -0.2) is 11.1 Å². The van der Waals surface area contributed by atoms with Gasteiger partial charge in [0.15, 0.2) is 0 Å². The molecular formula is C8H7Br2NO2. The van der Waals surface area contributed by atoms with Crippen LogP contribution in [0.3, 0.4) is 0 Å². The Bertz CT molecular complexity index is 352. The van der Waals surface area contributed by atoms with Gasteiger partial charge in [0.25, 0.3) is 0 Å². The molecule has 0 atom stereocenters. The molecule has 0 saturated heterocycles. The minimum absolute atomic E-state index is 0.0494. The molecule has 0 heterocycles. The van der Waals surface area contributed by atoms with Crippen LogP contribution in [0.1, 0.15) is 5.56 Å². The number of hydrogen-bond donors (Lipinski definition) is 2. The third kappa shape index (κ3) is 2.45. The van der Waals surface area contributed by atoms with Gasteiger partial charge in [-0.05, 0) is 33.6 Å². The van der Waals surface area contributed by atoms with Gasteiger partial charge in [0.05, 0.1) is 6.42 Å². The summed E-state index contributed by atoms with van der Waals surface area (Å²) in [6.45, 7) is 0. The van der Waals surface area contributed by atoms with E-state index < -0.39 is 5.97 Å². The lowest BCUT2D eigenvalue weighted by Crippen LogP contribution is -2.03. The van der Waals surface area contributed by atoms with Gasteiger partial charge in [-0.1, -0.05) is 15.9 Å². The lowest BCUT2D eigenvalue weighted by molar-refractivity contribution is -0.136. The fourth-order valence-electron chi connectivity index (χ4n) is 0.929. The highest BCUT2D eigenvalue weighted by molar-refractivity contribution is 9.11. The topological polar surface area (TPSA) is 63.3 Å². The first-order valence-corrected chi connectivity index (χ1v) is 5.05. The summed E-state index contributed by atoms with van der Waals surface area (Å²) < 4.78 is 1.39. The third-order valence-corrected chi connectivity index (χ3v) is 3.22. The molecule has 3 N–H and O–H groups in total. The molecule has 0 bridgehead atoms. The second-order valence-corrected chi connectivity index (χ2v) is 4.15. The number of rotatable bonds is 2. The molecule has 13 heavy (non-hydrogen) atoms. The average Bonchev–Trinajstić information content (AvgIpc) is 2.05. The molecule has 3 nitrogen and oxygen atoms in total. The molecule has 0 spiro atoms. The first-order valence-electron chi connectivity index (χ1n) is 3.46. The number of carbonyl (C=O) groups is 1. The number of hydrogen-bond acceptors (Lipinski definition) is 2. The number of carboxylic acid groups (broad SMARTS) is 1. The molecule has 0 aliphatic heterocycles. The van der Waals surface area contributed by atoms with Crippen LogP contribution >= 0.6 is 31.9 Å². The largest absolute Gasteiger partial charge is 0.481 e. The summed E-state index contributed by atoms with van der Waals surface area (Å²) >= 11 is 6.50. The van der Waals surface area contributed by atoms with Gasteiger partial charge in [0, 0.05) is 14.6 Å². The Morgan fingerprint density at radius 2 is 2.08 bits per heavy atom. The molecule has 1 aromatic rings. The Kier molecular flexibility index (Phi) is 3.33. The molecule has 1 aromatic carbocycles. The van der Waals surface area contributed by atoms with Crippen LogP contribution in [0.25, 0.3) is 0 Å². The quantitative estimate of drug-likeness (QED) is 0.825. The summed E-state index contributed by atoms with van der Waals surface area (Å²) in [5.74, 6) is -0.882. The van der Waals surface area contributed by atoms with E-state index in [2.05, 4.69) is 31.9 Å². The fourth-order valence-corrected chi connectivity index (χ4v) is 2.15. The van der Waals surface area contributed by atoms with E-state index in [4.69, 9.17) is 10.8 Å². The van der Waals surface area contributed by atoms with E-state index in [0.29, 0.717) is 15.7 Å². The number of anilines is 1.